The Morgan fingerprint density at radius 3 is 2.56 bits per heavy atom. The van der Waals surface area contributed by atoms with Gasteiger partial charge in [0.15, 0.2) is 23.0 Å². The minimum atomic E-state index is -1.06. The number of aromatic hydroxyl groups is 4. The summed E-state index contributed by atoms with van der Waals surface area (Å²) in [5.41, 5.74) is 4.52. The number of carbonyl (C=O) groups excluding carboxylic acids is 1. The number of pyridine rings is 1. The van der Waals surface area contributed by atoms with Crippen molar-refractivity contribution in [1.82, 2.24) is 9.97 Å². The number of aromatic nitrogens is 2. The summed E-state index contributed by atoms with van der Waals surface area (Å²) in [6.45, 7) is 4.32. The number of Topliss-reactive ketones (excluding diaryl/α,β-unsaturated/α-hetero) is 1. The first-order valence-electron chi connectivity index (χ1n) is 21.8. The third-order valence-corrected chi connectivity index (χ3v) is 13.2. The van der Waals surface area contributed by atoms with E-state index in [2.05, 4.69) is 22.4 Å². The largest absolute Gasteiger partial charge is 0.508 e. The molecule has 7 N–H and O–H groups in total. The van der Waals surface area contributed by atoms with Crippen LogP contribution in [0.5, 0.6) is 34.5 Å². The highest BCUT2D eigenvalue weighted by molar-refractivity contribution is 5.92. The minimum absolute atomic E-state index is 0.0185. The average Bonchev–Trinajstić information content (AvgIpc) is 3.93. The zero-order valence-electron chi connectivity index (χ0n) is 35.6. The number of anilines is 2. The molecular weight excluding hydrogens is 783 g/mol. The Hall–Kier alpha value is -6.20. The van der Waals surface area contributed by atoms with E-state index in [0.717, 1.165) is 51.7 Å². The van der Waals surface area contributed by atoms with Crippen molar-refractivity contribution < 1.29 is 39.8 Å². The number of benzene rings is 4. The number of hydrogen-bond acceptors (Lipinski definition) is 10. The van der Waals surface area contributed by atoms with Gasteiger partial charge >= 0.3 is 0 Å². The molecule has 5 atom stereocenters. The van der Waals surface area contributed by atoms with Gasteiger partial charge in [-0.2, -0.15) is 0 Å². The number of phenolic OH excluding ortho intramolecular Hbond substituents is 4. The fourth-order valence-electron chi connectivity index (χ4n) is 10.3. The summed E-state index contributed by atoms with van der Waals surface area (Å²) in [5.74, 6) is -0.645. The van der Waals surface area contributed by atoms with Crippen molar-refractivity contribution >= 4 is 28.1 Å². The number of nitrogens with zero attached hydrogens (tertiary/aromatic N) is 1. The van der Waals surface area contributed by atoms with E-state index in [1.165, 1.54) is 13.2 Å². The van der Waals surface area contributed by atoms with Crippen LogP contribution in [0.4, 0.5) is 11.5 Å². The molecular formula is C51H57N3O8. The topological polar surface area (TPSA) is 177 Å². The molecule has 2 aromatic heterocycles. The Kier molecular flexibility index (Phi) is 12.4. The molecule has 2 bridgehead atoms. The molecule has 0 radical (unpaired) electrons. The lowest BCUT2D eigenvalue weighted by molar-refractivity contribution is -0.132. The molecule has 11 nitrogen and oxygen atoms in total. The molecule has 1 fully saturated rings. The summed E-state index contributed by atoms with van der Waals surface area (Å²) in [6.07, 6.45) is 7.43. The van der Waals surface area contributed by atoms with Crippen molar-refractivity contribution in [3.63, 3.8) is 0 Å². The van der Waals surface area contributed by atoms with E-state index in [-0.39, 0.29) is 59.2 Å². The molecule has 6 aromatic rings. The minimum Gasteiger partial charge on any atom is -0.508 e. The summed E-state index contributed by atoms with van der Waals surface area (Å²) < 4.78 is 11.4. The quantitative estimate of drug-likeness (QED) is 0.0622. The zero-order valence-corrected chi connectivity index (χ0v) is 35.6. The van der Waals surface area contributed by atoms with Gasteiger partial charge in [0, 0.05) is 35.6 Å². The van der Waals surface area contributed by atoms with Gasteiger partial charge in [-0.15, -0.1) is 0 Å². The third kappa shape index (κ3) is 8.63. The molecule has 62 heavy (non-hydrogen) atoms. The highest BCUT2D eigenvalue weighted by Crippen LogP contribution is 2.55. The number of aryl methyl sites for hydroxylation is 2. The van der Waals surface area contributed by atoms with Gasteiger partial charge in [-0.25, -0.2) is 4.98 Å². The number of rotatable bonds is 11. The number of aliphatic hydroxyl groups is 1. The molecule has 3 heterocycles. The van der Waals surface area contributed by atoms with Gasteiger partial charge in [-0.3, -0.25) is 4.79 Å². The predicted molar refractivity (Wildman–Crippen MR) is 240 cm³/mol. The predicted octanol–water partition coefficient (Wildman–Crippen LogP) is 9.75. The van der Waals surface area contributed by atoms with Gasteiger partial charge in [0.1, 0.15) is 17.4 Å². The SMILES string of the molecule is COc1cc(CCC(O)C2C(=O)CC(c3cc(O)c(O)c(OCC(C)C)c3)CCc3c(ccc4cc(O)ccc34)Nc3cc(ccn3)C23CCCC3Cc2ccc[nH]2)ccc1O. The van der Waals surface area contributed by atoms with Gasteiger partial charge in [-0.05, 0) is 162 Å². The number of hydrogen-bond donors (Lipinski definition) is 7. The van der Waals surface area contributed by atoms with E-state index in [9.17, 15) is 25.5 Å². The molecule has 1 aliphatic carbocycles. The smallest absolute Gasteiger partial charge is 0.200 e. The summed E-state index contributed by atoms with van der Waals surface area (Å²) >= 11 is 0. The number of ether oxygens (including phenoxy) is 2. The fourth-order valence-corrected chi connectivity index (χ4v) is 10.3. The number of H-pyrrole nitrogens is 1. The molecule has 2 aliphatic rings. The van der Waals surface area contributed by atoms with Gasteiger partial charge in [0.2, 0.25) is 5.75 Å². The molecule has 0 amide bonds. The van der Waals surface area contributed by atoms with E-state index < -0.39 is 23.4 Å². The number of ketones is 1. The summed E-state index contributed by atoms with van der Waals surface area (Å²) in [5, 5.41) is 61.1. The number of phenols is 4. The van der Waals surface area contributed by atoms with Crippen LogP contribution in [0.1, 0.15) is 86.2 Å². The Balaban J connectivity index is 1.30. The van der Waals surface area contributed by atoms with Crippen LogP contribution in [-0.4, -0.2) is 61.1 Å². The number of aromatic amines is 1. The number of methoxy groups -OCH3 is 1. The van der Waals surface area contributed by atoms with Crippen LogP contribution < -0.4 is 14.8 Å². The van der Waals surface area contributed by atoms with Crippen LogP contribution in [0, 0.1) is 17.8 Å². The lowest BCUT2D eigenvalue weighted by Crippen LogP contribution is -2.50. The Labute approximate surface area is 362 Å². The molecule has 1 aliphatic heterocycles. The van der Waals surface area contributed by atoms with E-state index in [4.69, 9.17) is 14.5 Å². The van der Waals surface area contributed by atoms with Gasteiger partial charge in [0.05, 0.1) is 25.7 Å². The Morgan fingerprint density at radius 2 is 1.77 bits per heavy atom. The Morgan fingerprint density at radius 1 is 0.919 bits per heavy atom. The van der Waals surface area contributed by atoms with Crippen LogP contribution in [0.25, 0.3) is 10.8 Å². The van der Waals surface area contributed by atoms with Gasteiger partial charge < -0.3 is 45.3 Å². The van der Waals surface area contributed by atoms with Gasteiger partial charge in [0.25, 0.3) is 0 Å². The van der Waals surface area contributed by atoms with E-state index in [1.54, 1.807) is 36.5 Å². The maximum absolute atomic E-state index is 15.8. The number of nitrogens with one attached hydrogen (secondary N) is 2. The van der Waals surface area contributed by atoms with E-state index in [1.807, 2.05) is 56.4 Å². The molecule has 5 unspecified atom stereocenters. The zero-order chi connectivity index (χ0) is 43.5. The summed E-state index contributed by atoms with van der Waals surface area (Å²) in [4.78, 5) is 24.0. The number of carbonyl (C=O) groups is 1. The maximum atomic E-state index is 15.8. The first-order valence-corrected chi connectivity index (χ1v) is 21.8. The average molecular weight is 840 g/mol. The van der Waals surface area contributed by atoms with Crippen LogP contribution in [0.15, 0.2) is 97.3 Å². The maximum Gasteiger partial charge on any atom is 0.200 e. The van der Waals surface area contributed by atoms with Crippen LogP contribution in [0.3, 0.4) is 0 Å². The molecule has 1 spiro atoms. The molecule has 324 valence electrons. The Bertz CT molecular complexity index is 2540. The second-order valence-corrected chi connectivity index (χ2v) is 17.7. The number of fused-ring (bicyclic) bond motifs is 6. The highest BCUT2D eigenvalue weighted by atomic mass is 16.5. The van der Waals surface area contributed by atoms with Crippen LogP contribution in [0.2, 0.25) is 0 Å². The lowest BCUT2D eigenvalue weighted by atomic mass is 9.58. The third-order valence-electron chi connectivity index (χ3n) is 13.2. The van der Waals surface area contributed by atoms with Gasteiger partial charge in [-0.1, -0.05) is 38.5 Å². The molecule has 1 saturated carbocycles. The van der Waals surface area contributed by atoms with E-state index in [0.29, 0.717) is 55.8 Å². The van der Waals surface area contributed by atoms with Crippen molar-refractivity contribution in [3.8, 4) is 34.5 Å². The van der Waals surface area contributed by atoms with Crippen LogP contribution in [-0.2, 0) is 29.5 Å². The normalized spacial score (nSPS) is 20.9. The molecule has 11 heteroatoms. The van der Waals surface area contributed by atoms with E-state index >= 15 is 4.79 Å². The lowest BCUT2D eigenvalue weighted by Gasteiger charge is -2.45. The number of aliphatic hydroxyl groups excluding tert-OH is 1. The first kappa shape index (κ1) is 42.5. The summed E-state index contributed by atoms with van der Waals surface area (Å²) in [6, 6.07) is 25.9. The second-order valence-electron chi connectivity index (χ2n) is 17.7. The van der Waals surface area contributed by atoms with Crippen molar-refractivity contribution in [3.05, 3.63) is 125 Å². The highest BCUT2D eigenvalue weighted by Gasteiger charge is 2.54. The first-order chi connectivity index (χ1) is 29.9. The molecule has 8 rings (SSSR count). The fraction of sp³-hybridized carbons (Fsp3) is 0.373. The van der Waals surface area contributed by atoms with Crippen molar-refractivity contribution in [1.29, 1.82) is 0 Å². The van der Waals surface area contributed by atoms with Crippen molar-refractivity contribution in [2.24, 2.45) is 17.8 Å². The van der Waals surface area contributed by atoms with Crippen LogP contribution >= 0.6 is 0 Å². The van der Waals surface area contributed by atoms with Crippen molar-refractivity contribution in [2.75, 3.05) is 19.0 Å². The van der Waals surface area contributed by atoms with Crippen molar-refractivity contribution in [2.45, 2.75) is 89.1 Å². The molecule has 4 aromatic carbocycles. The second kappa shape index (κ2) is 18.0. The molecule has 0 saturated heterocycles. The monoisotopic (exact) mass is 839 g/mol. The summed E-state index contributed by atoms with van der Waals surface area (Å²) in [7, 11) is 1.50. The standard InChI is InChI=1S/C51H57N3O8/c1-30(2)29-62-47-26-34(25-45(59)50(47)60)32-10-13-40-39-14-12-38(55)23-33(39)11-15-41(40)54-48-28-36(18-21-53-48)51(19-4-6-35(51)27-37-7-5-20-52-37)49(44(58)24-32)43(57)17-9-31-8-16-42(56)46(22-31)61-3/h5,7-8,11-12,14-16,18,20-23,25-26,28,30,32,35,43,49,52,55-57,59-60H,4,6,9-10,13,17,19,24,27,29H2,1-3H3,(H,53,54).